The van der Waals surface area contributed by atoms with E-state index in [0.717, 1.165) is 29.2 Å². The molecule has 0 atom stereocenters. The number of rotatable bonds is 5. The Kier molecular flexibility index (Phi) is 5.99. The third kappa shape index (κ3) is 4.37. The Bertz CT molecular complexity index is 1670. The Morgan fingerprint density at radius 1 is 1.00 bits per heavy atom. The second-order valence-electron chi connectivity index (χ2n) is 7.22. The molecule has 5 aromatic rings. The van der Waals surface area contributed by atoms with Gasteiger partial charge in [-0.15, -0.1) is 0 Å². The highest BCUT2D eigenvalue weighted by Crippen LogP contribution is 2.31. The van der Waals surface area contributed by atoms with E-state index in [1.807, 2.05) is 0 Å². The fourth-order valence-electron chi connectivity index (χ4n) is 3.34. The van der Waals surface area contributed by atoms with Crippen molar-refractivity contribution in [3.8, 4) is 5.69 Å². The molecule has 0 aliphatic carbocycles. The number of hydrogen-bond donors (Lipinski definition) is 1. The van der Waals surface area contributed by atoms with E-state index in [9.17, 15) is 27.2 Å². The summed E-state index contributed by atoms with van der Waals surface area (Å²) >= 11 is 1.73. The number of fused-ring (bicyclic) bond motifs is 2. The average Bonchev–Trinajstić information content (AvgIpc) is 3.24. The summed E-state index contributed by atoms with van der Waals surface area (Å²) in [5.74, 6) is -5.69. The fourth-order valence-corrected chi connectivity index (χ4v) is 5.06. The zero-order valence-electron chi connectivity index (χ0n) is 17.4. The fraction of sp³-hybridized carbons (Fsp3) is 0.0435. The van der Waals surface area contributed by atoms with Crippen molar-refractivity contribution >= 4 is 55.3 Å². The molecule has 0 spiro atoms. The van der Waals surface area contributed by atoms with Crippen molar-refractivity contribution in [2.45, 2.75) is 5.16 Å². The van der Waals surface area contributed by atoms with Gasteiger partial charge in [0.05, 0.1) is 27.0 Å². The highest BCUT2D eigenvalue weighted by molar-refractivity contribution is 7.99. The molecule has 0 aliphatic rings. The number of carbonyl (C=O) groups is 1. The van der Waals surface area contributed by atoms with Crippen LogP contribution in [-0.4, -0.2) is 26.2 Å². The number of anilines is 1. The average molecular weight is 517 g/mol. The van der Waals surface area contributed by atoms with Crippen LogP contribution in [-0.2, 0) is 4.79 Å². The zero-order valence-corrected chi connectivity index (χ0v) is 19.0. The maximum Gasteiger partial charge on any atom is 0.266 e. The van der Waals surface area contributed by atoms with Crippen LogP contribution in [0.4, 0.5) is 22.7 Å². The number of hydrogen-bond acceptors (Lipinski definition) is 6. The first-order chi connectivity index (χ1) is 16.8. The lowest BCUT2D eigenvalue weighted by Crippen LogP contribution is -2.23. The topological polar surface area (TPSA) is 76.9 Å². The molecule has 5 rings (SSSR count). The van der Waals surface area contributed by atoms with E-state index in [1.54, 1.807) is 24.3 Å². The molecule has 0 fully saturated rings. The van der Waals surface area contributed by atoms with Crippen molar-refractivity contribution in [1.82, 2.24) is 14.5 Å². The summed E-state index contributed by atoms with van der Waals surface area (Å²) in [6.45, 7) is 0. The molecule has 0 saturated carbocycles. The van der Waals surface area contributed by atoms with Gasteiger partial charge in [0.2, 0.25) is 5.91 Å². The van der Waals surface area contributed by atoms with Gasteiger partial charge in [0.1, 0.15) is 11.3 Å². The highest BCUT2D eigenvalue weighted by atomic mass is 32.2. The lowest BCUT2D eigenvalue weighted by Gasteiger charge is -2.13. The summed E-state index contributed by atoms with van der Waals surface area (Å²) in [6, 6.07) is 12.7. The van der Waals surface area contributed by atoms with Crippen LogP contribution in [0.1, 0.15) is 0 Å². The Morgan fingerprint density at radius 2 is 1.74 bits per heavy atom. The molecule has 0 bridgehead atoms. The van der Waals surface area contributed by atoms with Crippen LogP contribution in [0.25, 0.3) is 26.8 Å². The van der Waals surface area contributed by atoms with E-state index in [4.69, 9.17) is 0 Å². The number of nitrogens with one attached hydrogen (secondary N) is 1. The molecule has 2 heterocycles. The number of amides is 1. The van der Waals surface area contributed by atoms with Crippen molar-refractivity contribution in [2.75, 3.05) is 11.1 Å². The summed E-state index contributed by atoms with van der Waals surface area (Å²) in [5.41, 5.74) is 0.00162. The number of benzene rings is 3. The van der Waals surface area contributed by atoms with Gasteiger partial charge in [-0.3, -0.25) is 14.2 Å². The summed E-state index contributed by atoms with van der Waals surface area (Å²) in [6.07, 6.45) is 0. The highest BCUT2D eigenvalue weighted by Gasteiger charge is 2.19. The van der Waals surface area contributed by atoms with Crippen LogP contribution in [0.3, 0.4) is 0 Å². The van der Waals surface area contributed by atoms with Gasteiger partial charge in [0.25, 0.3) is 5.56 Å². The van der Waals surface area contributed by atoms with E-state index in [-0.39, 0.29) is 20.7 Å². The minimum Gasteiger partial charge on any atom is -0.301 e. The molecule has 0 saturated heterocycles. The Hall–Kier alpha value is -3.77. The van der Waals surface area contributed by atoms with Gasteiger partial charge in [-0.05, 0) is 42.5 Å². The number of carbonyl (C=O) groups excluding carboxylic acids is 1. The van der Waals surface area contributed by atoms with Crippen molar-refractivity contribution in [1.29, 1.82) is 0 Å². The first-order valence-electron chi connectivity index (χ1n) is 9.96. The van der Waals surface area contributed by atoms with Crippen molar-refractivity contribution in [3.05, 3.63) is 88.2 Å². The van der Waals surface area contributed by atoms with Crippen LogP contribution in [0, 0.1) is 23.3 Å². The van der Waals surface area contributed by atoms with Gasteiger partial charge in [-0.1, -0.05) is 35.2 Å². The van der Waals surface area contributed by atoms with E-state index in [0.29, 0.717) is 16.6 Å². The molecule has 176 valence electrons. The van der Waals surface area contributed by atoms with Crippen LogP contribution in [0.15, 0.2) is 64.5 Å². The second kappa shape index (κ2) is 9.12. The lowest BCUT2D eigenvalue weighted by molar-refractivity contribution is -0.113. The van der Waals surface area contributed by atoms with E-state index >= 15 is 0 Å². The maximum atomic E-state index is 13.9. The van der Waals surface area contributed by atoms with Gasteiger partial charge in [-0.2, -0.15) is 0 Å². The number of halogens is 4. The van der Waals surface area contributed by atoms with Crippen LogP contribution in [0.5, 0.6) is 0 Å². The van der Waals surface area contributed by atoms with Gasteiger partial charge < -0.3 is 5.32 Å². The molecule has 0 radical (unpaired) electrons. The molecule has 1 amide bonds. The summed E-state index contributed by atoms with van der Waals surface area (Å²) in [7, 11) is 0. The summed E-state index contributed by atoms with van der Waals surface area (Å²) in [4.78, 5) is 34.0. The van der Waals surface area contributed by atoms with Gasteiger partial charge in [0.15, 0.2) is 27.7 Å². The van der Waals surface area contributed by atoms with E-state index < -0.39 is 40.3 Å². The molecule has 2 aromatic heterocycles. The predicted octanol–water partition coefficient (Wildman–Crippen LogP) is 5.28. The maximum absolute atomic E-state index is 13.9. The molecular formula is C23H12F4N4O2S2. The molecule has 12 heteroatoms. The second-order valence-corrected chi connectivity index (χ2v) is 9.19. The summed E-state index contributed by atoms with van der Waals surface area (Å²) < 4.78 is 55.6. The van der Waals surface area contributed by atoms with E-state index in [1.165, 1.54) is 28.8 Å². The van der Waals surface area contributed by atoms with Crippen molar-refractivity contribution < 1.29 is 22.4 Å². The quantitative estimate of drug-likeness (QED) is 0.149. The normalized spacial score (nSPS) is 11.3. The molecule has 6 nitrogen and oxygen atoms in total. The van der Waals surface area contributed by atoms with Gasteiger partial charge in [-0.25, -0.2) is 27.5 Å². The number of thiazole rings is 1. The zero-order chi connectivity index (χ0) is 24.7. The largest absolute Gasteiger partial charge is 0.301 e. The third-order valence-corrected chi connectivity index (χ3v) is 6.79. The molecule has 1 N–H and O–H groups in total. The van der Waals surface area contributed by atoms with Crippen LogP contribution < -0.4 is 10.9 Å². The smallest absolute Gasteiger partial charge is 0.266 e. The van der Waals surface area contributed by atoms with Crippen molar-refractivity contribution in [3.63, 3.8) is 0 Å². The first kappa shape index (κ1) is 23.0. The Balaban J connectivity index is 1.43. The summed E-state index contributed by atoms with van der Waals surface area (Å²) in [5, 5.41) is 2.95. The molecular weight excluding hydrogens is 504 g/mol. The number of nitrogens with zero attached hydrogens (tertiary/aromatic N) is 3. The monoisotopic (exact) mass is 516 g/mol. The Labute approximate surface area is 202 Å². The number of thioether (sulfide) groups is 1. The standard InChI is InChI=1S/C23H12F4N4O2S2/c24-11-5-7-12(8-6-11)31-21(33)13-3-1-2-4-15(13)28-23(31)34-10-17(32)29-22-30-20-16(35-22)9-14(25)18(26)19(20)27/h1-9H,10H2,(H,29,30,32). The van der Waals surface area contributed by atoms with E-state index in [2.05, 4.69) is 15.3 Å². The lowest BCUT2D eigenvalue weighted by atomic mass is 10.2. The van der Waals surface area contributed by atoms with Gasteiger partial charge in [0, 0.05) is 0 Å². The minimum atomic E-state index is -1.64. The minimum absolute atomic E-state index is 0.0331. The van der Waals surface area contributed by atoms with Gasteiger partial charge >= 0.3 is 0 Å². The Morgan fingerprint density at radius 3 is 2.51 bits per heavy atom. The molecule has 3 aromatic carbocycles. The molecule has 35 heavy (non-hydrogen) atoms. The number of aromatic nitrogens is 3. The van der Waals surface area contributed by atoms with Crippen LogP contribution in [0.2, 0.25) is 0 Å². The SMILES string of the molecule is O=C(CSc1nc2ccccc2c(=O)n1-c1ccc(F)cc1)Nc1nc2c(F)c(F)c(F)cc2s1. The molecule has 0 aliphatic heterocycles. The number of para-hydroxylation sites is 1. The predicted molar refractivity (Wildman–Crippen MR) is 126 cm³/mol. The van der Waals surface area contributed by atoms with Crippen molar-refractivity contribution in [2.24, 2.45) is 0 Å². The third-order valence-electron chi connectivity index (χ3n) is 4.93. The molecule has 0 unspecified atom stereocenters. The first-order valence-corrected chi connectivity index (χ1v) is 11.8. The van der Waals surface area contributed by atoms with Crippen LogP contribution >= 0.6 is 23.1 Å².